The van der Waals surface area contributed by atoms with Gasteiger partial charge in [0.2, 0.25) is 5.91 Å². The van der Waals surface area contributed by atoms with Crippen molar-refractivity contribution >= 4 is 23.2 Å². The van der Waals surface area contributed by atoms with Gasteiger partial charge < -0.3 is 10.6 Å². The molecule has 9 heteroatoms. The maximum Gasteiger partial charge on any atom is 0.276 e. The summed E-state index contributed by atoms with van der Waals surface area (Å²) in [6.45, 7) is 3.79. The Balaban J connectivity index is 1.65. The van der Waals surface area contributed by atoms with Crippen LogP contribution in [0.25, 0.3) is 0 Å². The maximum atomic E-state index is 13.2. The van der Waals surface area contributed by atoms with Crippen LogP contribution in [0.15, 0.2) is 53.3 Å². The van der Waals surface area contributed by atoms with Gasteiger partial charge in [-0.05, 0) is 55.3 Å². The van der Waals surface area contributed by atoms with E-state index in [1.54, 1.807) is 6.07 Å². The van der Waals surface area contributed by atoms with Gasteiger partial charge >= 0.3 is 0 Å². The second kappa shape index (κ2) is 9.29. The molecule has 0 bridgehead atoms. The first-order chi connectivity index (χ1) is 14.7. The van der Waals surface area contributed by atoms with E-state index in [4.69, 9.17) is 0 Å². The van der Waals surface area contributed by atoms with Crippen molar-refractivity contribution in [1.29, 1.82) is 0 Å². The minimum atomic E-state index is -1.09. The van der Waals surface area contributed by atoms with Crippen LogP contribution in [-0.2, 0) is 11.3 Å². The molecule has 3 rings (SSSR count). The van der Waals surface area contributed by atoms with Crippen molar-refractivity contribution in [1.82, 2.24) is 9.78 Å². The van der Waals surface area contributed by atoms with E-state index in [1.807, 2.05) is 26.0 Å². The third-order valence-corrected chi connectivity index (χ3v) is 4.62. The van der Waals surface area contributed by atoms with Gasteiger partial charge in [0.25, 0.3) is 11.5 Å². The Hall–Kier alpha value is -3.88. The third-order valence-electron chi connectivity index (χ3n) is 4.62. The van der Waals surface area contributed by atoms with Crippen molar-refractivity contribution in [3.05, 3.63) is 87.3 Å². The summed E-state index contributed by atoms with van der Waals surface area (Å²) in [5.41, 5.74) is 2.32. The summed E-state index contributed by atoms with van der Waals surface area (Å²) >= 11 is 0. The number of nitrogens with one attached hydrogen (secondary N) is 2. The molecule has 0 aliphatic heterocycles. The number of hydrogen-bond donors (Lipinski definition) is 2. The summed E-state index contributed by atoms with van der Waals surface area (Å²) < 4.78 is 27.2. The third kappa shape index (κ3) is 5.59. The molecule has 0 aliphatic rings. The molecule has 2 aromatic carbocycles. The van der Waals surface area contributed by atoms with Crippen LogP contribution in [-0.4, -0.2) is 21.6 Å². The van der Waals surface area contributed by atoms with Crippen LogP contribution in [0.3, 0.4) is 0 Å². The molecule has 0 unspecified atom stereocenters. The van der Waals surface area contributed by atoms with Crippen LogP contribution >= 0.6 is 0 Å². The van der Waals surface area contributed by atoms with Crippen LogP contribution in [0.4, 0.5) is 20.2 Å². The summed E-state index contributed by atoms with van der Waals surface area (Å²) in [6, 6.07) is 10.9. The minimum Gasteiger partial charge on any atom is -0.326 e. The lowest BCUT2D eigenvalue weighted by molar-refractivity contribution is -0.116. The second-order valence-corrected chi connectivity index (χ2v) is 6.96. The highest BCUT2D eigenvalue weighted by Crippen LogP contribution is 2.15. The van der Waals surface area contributed by atoms with Gasteiger partial charge in [-0.3, -0.25) is 14.4 Å². The highest BCUT2D eigenvalue weighted by atomic mass is 19.2. The molecular formula is C22H20F2N4O3. The fourth-order valence-electron chi connectivity index (χ4n) is 2.75. The zero-order chi connectivity index (χ0) is 22.5. The van der Waals surface area contributed by atoms with E-state index in [9.17, 15) is 23.2 Å². The number of nitrogens with zero attached hydrogens (tertiary/aromatic N) is 2. The molecule has 0 aliphatic carbocycles. The number of carbonyl (C=O) groups excluding carboxylic acids is 2. The second-order valence-electron chi connectivity index (χ2n) is 6.96. The standard InChI is InChI=1S/C22H20F2N4O3/c1-13-3-4-15(11-14(13)2)26-22(31)19-7-8-21(30)28(27-19)10-9-20(29)25-16-5-6-17(23)18(24)12-16/h3-8,11-12H,9-10H2,1-2H3,(H,25,29)(H,26,31). The molecule has 2 N–H and O–H groups in total. The van der Waals surface area contributed by atoms with Crippen LogP contribution in [0, 0.1) is 25.5 Å². The quantitative estimate of drug-likeness (QED) is 0.632. The molecule has 3 aromatic rings. The average molecular weight is 426 g/mol. The van der Waals surface area contributed by atoms with E-state index in [2.05, 4.69) is 15.7 Å². The number of benzene rings is 2. The zero-order valence-electron chi connectivity index (χ0n) is 16.9. The van der Waals surface area contributed by atoms with Crippen LogP contribution in [0.2, 0.25) is 0 Å². The van der Waals surface area contributed by atoms with Crippen molar-refractivity contribution in [2.45, 2.75) is 26.8 Å². The van der Waals surface area contributed by atoms with Gasteiger partial charge in [-0.1, -0.05) is 6.07 Å². The Bertz CT molecular complexity index is 1210. The number of rotatable bonds is 6. The first kappa shape index (κ1) is 21.8. The fraction of sp³-hybridized carbons (Fsp3) is 0.182. The maximum absolute atomic E-state index is 13.2. The SMILES string of the molecule is Cc1ccc(NC(=O)c2ccc(=O)n(CCC(=O)Nc3ccc(F)c(F)c3)n2)cc1C. The van der Waals surface area contributed by atoms with Crippen molar-refractivity contribution in [2.24, 2.45) is 0 Å². The van der Waals surface area contributed by atoms with E-state index in [-0.39, 0.29) is 24.3 Å². The normalized spacial score (nSPS) is 10.6. The number of hydrogen-bond acceptors (Lipinski definition) is 4. The summed E-state index contributed by atoms with van der Waals surface area (Å²) in [4.78, 5) is 36.6. The lowest BCUT2D eigenvalue weighted by atomic mass is 10.1. The largest absolute Gasteiger partial charge is 0.326 e. The minimum absolute atomic E-state index is 0.0128. The molecule has 1 heterocycles. The Morgan fingerprint density at radius 2 is 1.61 bits per heavy atom. The van der Waals surface area contributed by atoms with Crippen molar-refractivity contribution in [3.8, 4) is 0 Å². The van der Waals surface area contributed by atoms with Gasteiger partial charge in [-0.15, -0.1) is 0 Å². The molecule has 0 radical (unpaired) electrons. The van der Waals surface area contributed by atoms with Crippen molar-refractivity contribution in [2.75, 3.05) is 10.6 Å². The van der Waals surface area contributed by atoms with E-state index in [1.165, 1.54) is 18.2 Å². The first-order valence-electron chi connectivity index (χ1n) is 9.44. The Labute approximate surface area is 176 Å². The van der Waals surface area contributed by atoms with Crippen molar-refractivity contribution < 1.29 is 18.4 Å². The molecule has 0 saturated carbocycles. The predicted octanol–water partition coefficient (Wildman–Crippen LogP) is 3.42. The lowest BCUT2D eigenvalue weighted by Gasteiger charge is -2.10. The Morgan fingerprint density at radius 1 is 0.903 bits per heavy atom. The molecular weight excluding hydrogens is 406 g/mol. The van der Waals surface area contributed by atoms with E-state index < -0.39 is 29.0 Å². The molecule has 1 aromatic heterocycles. The fourth-order valence-corrected chi connectivity index (χ4v) is 2.75. The predicted molar refractivity (Wildman–Crippen MR) is 112 cm³/mol. The molecule has 0 saturated heterocycles. The van der Waals surface area contributed by atoms with Crippen molar-refractivity contribution in [3.63, 3.8) is 0 Å². The van der Waals surface area contributed by atoms with Gasteiger partial charge in [0.1, 0.15) is 5.69 Å². The van der Waals surface area contributed by atoms with Crippen LogP contribution in [0.1, 0.15) is 28.0 Å². The smallest absolute Gasteiger partial charge is 0.276 e. The summed E-state index contributed by atoms with van der Waals surface area (Å²) in [5.74, 6) is -3.13. The molecule has 7 nitrogen and oxygen atoms in total. The van der Waals surface area contributed by atoms with Gasteiger partial charge in [0.15, 0.2) is 11.6 Å². The lowest BCUT2D eigenvalue weighted by Crippen LogP contribution is -2.28. The van der Waals surface area contributed by atoms with E-state index in [0.29, 0.717) is 5.69 Å². The average Bonchev–Trinajstić information content (AvgIpc) is 2.73. The Kier molecular flexibility index (Phi) is 6.54. The molecule has 0 spiro atoms. The van der Waals surface area contributed by atoms with Gasteiger partial charge in [0, 0.05) is 29.9 Å². The molecule has 160 valence electrons. The monoisotopic (exact) mass is 426 g/mol. The number of aromatic nitrogens is 2. The number of anilines is 2. The van der Waals surface area contributed by atoms with Crippen LogP contribution < -0.4 is 16.2 Å². The zero-order valence-corrected chi connectivity index (χ0v) is 16.9. The first-order valence-corrected chi connectivity index (χ1v) is 9.44. The number of amides is 2. The number of carbonyl (C=O) groups is 2. The molecule has 0 fully saturated rings. The molecule has 0 atom stereocenters. The van der Waals surface area contributed by atoms with Gasteiger partial charge in [0.05, 0.1) is 6.54 Å². The summed E-state index contributed by atoms with van der Waals surface area (Å²) in [5, 5.41) is 9.15. The summed E-state index contributed by atoms with van der Waals surface area (Å²) in [6.07, 6.45) is -0.159. The number of aryl methyl sites for hydroxylation is 3. The van der Waals surface area contributed by atoms with Gasteiger partial charge in [-0.2, -0.15) is 5.10 Å². The molecule has 31 heavy (non-hydrogen) atoms. The topological polar surface area (TPSA) is 93.1 Å². The van der Waals surface area contributed by atoms with Gasteiger partial charge in [-0.25, -0.2) is 13.5 Å². The van der Waals surface area contributed by atoms with E-state index in [0.717, 1.165) is 27.9 Å². The summed E-state index contributed by atoms with van der Waals surface area (Å²) in [7, 11) is 0. The Morgan fingerprint density at radius 3 is 2.32 bits per heavy atom. The highest BCUT2D eigenvalue weighted by Gasteiger charge is 2.12. The van der Waals surface area contributed by atoms with E-state index >= 15 is 0 Å². The van der Waals surface area contributed by atoms with Crippen LogP contribution in [0.5, 0.6) is 0 Å². The number of halogens is 2. The molecule has 2 amide bonds. The highest BCUT2D eigenvalue weighted by molar-refractivity contribution is 6.02.